The Balaban J connectivity index is 0.000000810. The predicted octanol–water partition coefficient (Wildman–Crippen LogP) is 0.409. The SMILES string of the molecule is N#CC1(O)CC[N-]CC1.[La]. The minimum Gasteiger partial charge on any atom is -0.662 e. The Morgan fingerprint density at radius 1 is 1.40 bits per heavy atom. The summed E-state index contributed by atoms with van der Waals surface area (Å²) in [5.41, 5.74) is -1.07. The predicted molar refractivity (Wildman–Crippen MR) is 32.9 cm³/mol. The van der Waals surface area contributed by atoms with Gasteiger partial charge in [0, 0.05) is 35.6 Å². The van der Waals surface area contributed by atoms with Gasteiger partial charge in [-0.25, -0.2) is 0 Å². The van der Waals surface area contributed by atoms with E-state index < -0.39 is 5.60 Å². The van der Waals surface area contributed by atoms with E-state index in [1.54, 1.807) is 0 Å². The molecule has 1 rings (SSSR count). The Kier molecular flexibility index (Phi) is 4.75. The summed E-state index contributed by atoms with van der Waals surface area (Å²) < 4.78 is 0. The summed E-state index contributed by atoms with van der Waals surface area (Å²) in [6.45, 7) is 1.26. The molecule has 1 aliphatic heterocycles. The van der Waals surface area contributed by atoms with Gasteiger partial charge in [-0.1, -0.05) is 0 Å². The Hall–Kier alpha value is 0.605. The van der Waals surface area contributed by atoms with E-state index in [0.717, 1.165) is 0 Å². The van der Waals surface area contributed by atoms with Crippen molar-refractivity contribution < 1.29 is 40.7 Å². The van der Waals surface area contributed by atoms with E-state index in [0.29, 0.717) is 25.9 Å². The van der Waals surface area contributed by atoms with Crippen LogP contribution in [0.1, 0.15) is 12.8 Å². The minimum absolute atomic E-state index is 0. The molecule has 0 unspecified atom stereocenters. The maximum Gasteiger partial charge on any atom is 0.147 e. The van der Waals surface area contributed by atoms with Crippen molar-refractivity contribution in [3.8, 4) is 6.07 Å². The number of nitrogens with zero attached hydrogens (tertiary/aromatic N) is 2. The van der Waals surface area contributed by atoms with E-state index in [2.05, 4.69) is 5.32 Å². The molecule has 0 aliphatic carbocycles. The van der Waals surface area contributed by atoms with Crippen molar-refractivity contribution in [1.82, 2.24) is 0 Å². The first-order valence-electron chi connectivity index (χ1n) is 3.04. The average molecular weight is 264 g/mol. The topological polar surface area (TPSA) is 58.1 Å². The van der Waals surface area contributed by atoms with Gasteiger partial charge in [0.2, 0.25) is 0 Å². The largest absolute Gasteiger partial charge is 0.662 e. The van der Waals surface area contributed by atoms with Crippen LogP contribution >= 0.6 is 0 Å². The van der Waals surface area contributed by atoms with Gasteiger partial charge in [-0.15, -0.1) is 13.1 Å². The monoisotopic (exact) mass is 264 g/mol. The molecule has 1 heterocycles. The van der Waals surface area contributed by atoms with Gasteiger partial charge in [-0.05, 0) is 12.8 Å². The van der Waals surface area contributed by atoms with Gasteiger partial charge in [0.1, 0.15) is 5.60 Å². The summed E-state index contributed by atoms with van der Waals surface area (Å²) in [6, 6.07) is 1.88. The average Bonchev–Trinajstić information content (AvgIpc) is 1.90. The molecule has 0 saturated carbocycles. The molecule has 0 aromatic carbocycles. The minimum atomic E-state index is -1.07. The Bertz CT molecular complexity index is 137. The van der Waals surface area contributed by atoms with Crippen molar-refractivity contribution in [2.24, 2.45) is 0 Å². The number of rotatable bonds is 0. The molecule has 0 bridgehead atoms. The van der Waals surface area contributed by atoms with E-state index in [1.807, 2.05) is 6.07 Å². The van der Waals surface area contributed by atoms with E-state index in [1.165, 1.54) is 0 Å². The summed E-state index contributed by atoms with van der Waals surface area (Å²) in [5.74, 6) is 0. The molecule has 0 spiro atoms. The van der Waals surface area contributed by atoms with Crippen molar-refractivity contribution in [3.05, 3.63) is 5.32 Å². The zero-order valence-corrected chi connectivity index (χ0v) is 9.37. The molecule has 0 amide bonds. The molecule has 10 heavy (non-hydrogen) atoms. The molecule has 1 saturated heterocycles. The first-order valence-corrected chi connectivity index (χ1v) is 3.04. The molecule has 53 valence electrons. The summed E-state index contributed by atoms with van der Waals surface area (Å²) in [6.07, 6.45) is 1.01. The molecule has 4 heteroatoms. The number of piperidine rings is 1. The number of aliphatic hydroxyl groups is 1. The van der Waals surface area contributed by atoms with Gasteiger partial charge in [-0.2, -0.15) is 5.26 Å². The number of nitriles is 1. The van der Waals surface area contributed by atoms with Crippen LogP contribution in [0.5, 0.6) is 0 Å². The van der Waals surface area contributed by atoms with Crippen LogP contribution in [0.3, 0.4) is 0 Å². The molecule has 1 N–H and O–H groups in total. The van der Waals surface area contributed by atoms with Crippen LogP contribution in [0.25, 0.3) is 5.32 Å². The second kappa shape index (κ2) is 4.48. The molecule has 0 aromatic rings. The molecule has 0 aromatic heterocycles. The number of hydrogen-bond acceptors (Lipinski definition) is 2. The molecular formula is C6H9LaN2O-. The van der Waals surface area contributed by atoms with Crippen LogP contribution in [0, 0.1) is 46.9 Å². The Labute approximate surface area is 88.4 Å². The standard InChI is InChI=1S/C6H9N2O.La/c7-5-6(9)1-3-8-4-2-6;/h9H,1-4H2;/q-1;. The van der Waals surface area contributed by atoms with E-state index in [9.17, 15) is 5.11 Å². The molecule has 1 fully saturated rings. The van der Waals surface area contributed by atoms with Gasteiger partial charge in [0.15, 0.2) is 0 Å². The third-order valence-corrected chi connectivity index (χ3v) is 1.58. The Morgan fingerprint density at radius 3 is 2.20 bits per heavy atom. The fourth-order valence-electron chi connectivity index (χ4n) is 0.877. The maximum atomic E-state index is 9.26. The third kappa shape index (κ3) is 2.69. The van der Waals surface area contributed by atoms with Crippen molar-refractivity contribution in [2.75, 3.05) is 13.1 Å². The van der Waals surface area contributed by atoms with E-state index in [-0.39, 0.29) is 35.6 Å². The maximum absolute atomic E-state index is 9.26. The van der Waals surface area contributed by atoms with Crippen LogP contribution in [0.2, 0.25) is 0 Å². The van der Waals surface area contributed by atoms with Crippen LogP contribution < -0.4 is 0 Å². The fourth-order valence-corrected chi connectivity index (χ4v) is 0.877. The molecule has 1 radical (unpaired) electrons. The molecule has 0 atom stereocenters. The van der Waals surface area contributed by atoms with Crippen LogP contribution in [0.15, 0.2) is 0 Å². The smallest absolute Gasteiger partial charge is 0.147 e. The van der Waals surface area contributed by atoms with E-state index >= 15 is 0 Å². The van der Waals surface area contributed by atoms with E-state index in [4.69, 9.17) is 5.26 Å². The normalized spacial score (nSPS) is 22.4. The molecule has 3 nitrogen and oxygen atoms in total. The van der Waals surface area contributed by atoms with Gasteiger partial charge >= 0.3 is 0 Å². The fraction of sp³-hybridized carbons (Fsp3) is 0.833. The van der Waals surface area contributed by atoms with Gasteiger partial charge in [-0.3, -0.25) is 0 Å². The van der Waals surface area contributed by atoms with Gasteiger partial charge < -0.3 is 10.4 Å². The first kappa shape index (κ1) is 10.6. The van der Waals surface area contributed by atoms with Crippen LogP contribution in [0.4, 0.5) is 0 Å². The van der Waals surface area contributed by atoms with Crippen molar-refractivity contribution in [1.29, 1.82) is 5.26 Å². The summed E-state index contributed by atoms with van der Waals surface area (Å²) in [5, 5.41) is 21.7. The van der Waals surface area contributed by atoms with Gasteiger partial charge in [0.25, 0.3) is 0 Å². The zero-order chi connectivity index (χ0) is 6.74. The summed E-state index contributed by atoms with van der Waals surface area (Å²) in [4.78, 5) is 0. The van der Waals surface area contributed by atoms with Crippen LogP contribution in [-0.2, 0) is 0 Å². The molecular weight excluding hydrogens is 255 g/mol. The second-order valence-corrected chi connectivity index (χ2v) is 2.31. The second-order valence-electron chi connectivity index (χ2n) is 2.31. The van der Waals surface area contributed by atoms with Crippen molar-refractivity contribution in [3.63, 3.8) is 0 Å². The van der Waals surface area contributed by atoms with Gasteiger partial charge in [0.05, 0.1) is 6.07 Å². The van der Waals surface area contributed by atoms with Crippen LogP contribution in [-0.4, -0.2) is 23.8 Å². The van der Waals surface area contributed by atoms with Crippen molar-refractivity contribution >= 4 is 0 Å². The van der Waals surface area contributed by atoms with Crippen molar-refractivity contribution in [2.45, 2.75) is 18.4 Å². The Morgan fingerprint density at radius 2 is 1.90 bits per heavy atom. The first-order chi connectivity index (χ1) is 4.27. The zero-order valence-electron chi connectivity index (χ0n) is 5.75. The molecule has 1 aliphatic rings. The third-order valence-electron chi connectivity index (χ3n) is 1.58. The summed E-state index contributed by atoms with van der Waals surface area (Å²) >= 11 is 0. The number of hydrogen-bond donors (Lipinski definition) is 1. The quantitative estimate of drug-likeness (QED) is 0.644. The summed E-state index contributed by atoms with van der Waals surface area (Å²) in [7, 11) is 0.